The van der Waals surface area contributed by atoms with E-state index in [1.165, 1.54) is 11.0 Å². The van der Waals surface area contributed by atoms with Crippen LogP contribution in [0.25, 0.3) is 0 Å². The molecule has 6 nitrogen and oxygen atoms in total. The van der Waals surface area contributed by atoms with Crippen LogP contribution in [0.15, 0.2) is 12.1 Å². The lowest BCUT2D eigenvalue weighted by atomic mass is 9.92. The van der Waals surface area contributed by atoms with Crippen LogP contribution in [-0.2, 0) is 22.2 Å². The Bertz CT molecular complexity index is 798. The Kier molecular flexibility index (Phi) is 6.28. The van der Waals surface area contributed by atoms with Gasteiger partial charge in [-0.1, -0.05) is 11.6 Å². The van der Waals surface area contributed by atoms with Gasteiger partial charge in [-0.25, -0.2) is 0 Å². The van der Waals surface area contributed by atoms with E-state index in [9.17, 15) is 22.8 Å². The minimum absolute atomic E-state index is 0.0459. The van der Waals surface area contributed by atoms with Gasteiger partial charge in [0.1, 0.15) is 6.04 Å². The third-order valence-electron chi connectivity index (χ3n) is 5.75. The minimum Gasteiger partial charge on any atom is -0.397 e. The van der Waals surface area contributed by atoms with Gasteiger partial charge < -0.3 is 21.3 Å². The number of nitrogen functional groups attached to an aromatic ring is 1. The molecule has 0 spiro atoms. The Morgan fingerprint density at radius 2 is 1.90 bits per heavy atom. The molecule has 29 heavy (non-hydrogen) atoms. The zero-order valence-corrected chi connectivity index (χ0v) is 16.6. The molecule has 1 unspecified atom stereocenters. The summed E-state index contributed by atoms with van der Waals surface area (Å²) in [4.78, 5) is 28.4. The molecule has 2 aliphatic rings. The lowest BCUT2D eigenvalue weighted by Crippen LogP contribution is -2.58. The second-order valence-electron chi connectivity index (χ2n) is 7.61. The molecule has 4 N–H and O–H groups in total. The van der Waals surface area contributed by atoms with Crippen molar-refractivity contribution in [1.82, 2.24) is 9.80 Å². The molecule has 0 radical (unpaired) electrons. The van der Waals surface area contributed by atoms with E-state index in [1.807, 2.05) is 0 Å². The number of amides is 2. The number of rotatable bonds is 5. The van der Waals surface area contributed by atoms with Gasteiger partial charge in [-0.05, 0) is 56.5 Å². The Balaban J connectivity index is 1.67. The molecule has 2 fully saturated rings. The van der Waals surface area contributed by atoms with E-state index in [0.717, 1.165) is 32.0 Å². The number of piperidine rings is 1. The second-order valence-corrected chi connectivity index (χ2v) is 8.02. The van der Waals surface area contributed by atoms with Gasteiger partial charge in [0, 0.05) is 19.0 Å². The van der Waals surface area contributed by atoms with Crippen LogP contribution >= 0.6 is 11.6 Å². The first kappa shape index (κ1) is 21.7. The minimum atomic E-state index is -4.64. The van der Waals surface area contributed by atoms with Gasteiger partial charge in [0.2, 0.25) is 11.8 Å². The summed E-state index contributed by atoms with van der Waals surface area (Å²) in [7, 11) is 0. The van der Waals surface area contributed by atoms with E-state index >= 15 is 0 Å². The van der Waals surface area contributed by atoms with Crippen molar-refractivity contribution in [2.24, 2.45) is 5.73 Å². The molecule has 0 saturated carbocycles. The van der Waals surface area contributed by atoms with Gasteiger partial charge in [0.15, 0.2) is 0 Å². The van der Waals surface area contributed by atoms with Gasteiger partial charge in [-0.3, -0.25) is 9.59 Å². The van der Waals surface area contributed by atoms with Gasteiger partial charge in [-0.2, -0.15) is 13.2 Å². The highest BCUT2D eigenvalue weighted by atomic mass is 35.5. The predicted molar refractivity (Wildman–Crippen MR) is 103 cm³/mol. The van der Waals surface area contributed by atoms with Crippen molar-refractivity contribution in [3.8, 4) is 0 Å². The fraction of sp³-hybridized carbons (Fsp3) is 0.579. The number of benzene rings is 1. The normalized spacial score (nSPS) is 23.0. The SMILES string of the molecule is NC(=O)[C@H]1CC(N2CCC2)CCN1C(=O)CCc1cc(Cl)c(N)c(C(F)(F)F)c1. The summed E-state index contributed by atoms with van der Waals surface area (Å²) in [6.45, 7) is 2.39. The topological polar surface area (TPSA) is 92.7 Å². The highest BCUT2D eigenvalue weighted by molar-refractivity contribution is 6.33. The number of aryl methyl sites for hydroxylation is 1. The largest absolute Gasteiger partial charge is 0.418 e. The van der Waals surface area contributed by atoms with Crippen molar-refractivity contribution in [2.45, 2.75) is 50.4 Å². The molecule has 2 heterocycles. The number of carbonyl (C=O) groups is 2. The molecular formula is C19H24ClF3N4O2. The van der Waals surface area contributed by atoms with Crippen molar-refractivity contribution < 1.29 is 22.8 Å². The van der Waals surface area contributed by atoms with Crippen LogP contribution in [0.1, 0.15) is 36.8 Å². The first-order valence-electron chi connectivity index (χ1n) is 9.56. The lowest BCUT2D eigenvalue weighted by Gasteiger charge is -2.45. The fourth-order valence-corrected chi connectivity index (χ4v) is 4.24. The zero-order chi connectivity index (χ0) is 21.3. The fourth-order valence-electron chi connectivity index (χ4n) is 4.00. The quantitative estimate of drug-likeness (QED) is 0.699. The Hall–Kier alpha value is -2.00. The van der Waals surface area contributed by atoms with E-state index in [4.69, 9.17) is 23.1 Å². The standard InChI is InChI=1S/C19H24ClF3N4O2/c20-14-9-11(8-13(17(14)24)19(21,22)23)2-3-16(28)27-7-4-12(26-5-1-6-26)10-15(27)18(25)29/h8-9,12,15H,1-7,10,24H2,(H2,25,29)/t12?,15-/m1/s1. The van der Waals surface area contributed by atoms with Gasteiger partial charge in [0.25, 0.3) is 0 Å². The van der Waals surface area contributed by atoms with E-state index in [0.29, 0.717) is 13.0 Å². The molecule has 2 atom stereocenters. The summed E-state index contributed by atoms with van der Waals surface area (Å²) in [6.07, 6.45) is -2.25. The molecule has 2 saturated heterocycles. The molecule has 3 rings (SSSR count). The van der Waals surface area contributed by atoms with Gasteiger partial charge in [-0.15, -0.1) is 0 Å². The van der Waals surface area contributed by atoms with Gasteiger partial charge in [0.05, 0.1) is 16.3 Å². The Morgan fingerprint density at radius 1 is 1.21 bits per heavy atom. The van der Waals surface area contributed by atoms with Crippen LogP contribution in [0.5, 0.6) is 0 Å². The van der Waals surface area contributed by atoms with Crippen LogP contribution in [0, 0.1) is 0 Å². The molecule has 1 aromatic carbocycles. The summed E-state index contributed by atoms with van der Waals surface area (Å²) in [6, 6.07) is 1.79. The third kappa shape index (κ3) is 4.78. The van der Waals surface area contributed by atoms with Crippen molar-refractivity contribution in [3.63, 3.8) is 0 Å². The van der Waals surface area contributed by atoms with E-state index < -0.39 is 29.4 Å². The number of anilines is 1. The second kappa shape index (κ2) is 8.39. The highest BCUT2D eigenvalue weighted by Gasteiger charge is 2.38. The van der Waals surface area contributed by atoms with Crippen molar-refractivity contribution >= 4 is 29.1 Å². The molecule has 0 bridgehead atoms. The van der Waals surface area contributed by atoms with Gasteiger partial charge >= 0.3 is 6.18 Å². The van der Waals surface area contributed by atoms with Crippen molar-refractivity contribution in [3.05, 3.63) is 28.3 Å². The number of likely N-dealkylation sites (tertiary alicyclic amines) is 2. The van der Waals surface area contributed by atoms with Crippen LogP contribution in [0.3, 0.4) is 0 Å². The maximum Gasteiger partial charge on any atom is 0.418 e. The van der Waals surface area contributed by atoms with Crippen LogP contribution in [-0.4, -0.2) is 53.3 Å². The molecule has 1 aromatic rings. The summed E-state index contributed by atoms with van der Waals surface area (Å²) in [5.41, 5.74) is 9.67. The van der Waals surface area contributed by atoms with Crippen LogP contribution < -0.4 is 11.5 Å². The predicted octanol–water partition coefficient (Wildman–Crippen LogP) is 2.42. The smallest absolute Gasteiger partial charge is 0.397 e. The summed E-state index contributed by atoms with van der Waals surface area (Å²) < 4.78 is 39.3. The summed E-state index contributed by atoms with van der Waals surface area (Å²) in [5, 5.41) is -0.201. The first-order chi connectivity index (χ1) is 13.6. The van der Waals surface area contributed by atoms with Crippen LogP contribution in [0.2, 0.25) is 5.02 Å². The maximum absolute atomic E-state index is 13.1. The van der Waals surface area contributed by atoms with E-state index in [-0.39, 0.29) is 35.4 Å². The molecule has 0 aromatic heterocycles. The molecule has 160 valence electrons. The number of alkyl halides is 3. The average Bonchev–Trinajstić information content (AvgIpc) is 2.59. The maximum atomic E-state index is 13.1. The number of carbonyl (C=O) groups excluding carboxylic acids is 2. The lowest BCUT2D eigenvalue weighted by molar-refractivity contribution is -0.142. The number of nitrogens with zero attached hydrogens (tertiary/aromatic N) is 2. The number of nitrogens with two attached hydrogens (primary N) is 2. The van der Waals surface area contributed by atoms with E-state index in [1.54, 1.807) is 0 Å². The molecule has 2 amide bonds. The van der Waals surface area contributed by atoms with E-state index in [2.05, 4.69) is 4.90 Å². The Morgan fingerprint density at radius 3 is 2.45 bits per heavy atom. The molecular weight excluding hydrogens is 409 g/mol. The number of halogens is 4. The molecule has 10 heteroatoms. The molecule has 0 aliphatic carbocycles. The first-order valence-corrected chi connectivity index (χ1v) is 9.93. The van der Waals surface area contributed by atoms with Crippen molar-refractivity contribution in [2.75, 3.05) is 25.4 Å². The Labute approximate surface area is 171 Å². The highest BCUT2D eigenvalue weighted by Crippen LogP contribution is 2.38. The third-order valence-corrected chi connectivity index (χ3v) is 6.07. The summed E-state index contributed by atoms with van der Waals surface area (Å²) >= 11 is 5.83. The van der Waals surface area contributed by atoms with Crippen molar-refractivity contribution in [1.29, 1.82) is 0 Å². The molecule has 2 aliphatic heterocycles. The zero-order valence-electron chi connectivity index (χ0n) is 15.8. The average molecular weight is 433 g/mol. The van der Waals surface area contributed by atoms with Crippen LogP contribution in [0.4, 0.5) is 18.9 Å². The number of hydrogen-bond donors (Lipinski definition) is 2. The number of hydrogen-bond acceptors (Lipinski definition) is 4. The number of primary amides is 1. The monoisotopic (exact) mass is 432 g/mol. The summed E-state index contributed by atoms with van der Waals surface area (Å²) in [5.74, 6) is -0.865.